The second-order valence-electron chi connectivity index (χ2n) is 4.68. The Bertz CT molecular complexity index is 501. The molecule has 0 spiro atoms. The molecule has 0 aliphatic heterocycles. The lowest BCUT2D eigenvalue weighted by atomic mass is 10.1. The van der Waals surface area contributed by atoms with Crippen LogP contribution in [0.15, 0.2) is 24.5 Å². The monoisotopic (exact) mass is 248 g/mol. The molecule has 0 amide bonds. The van der Waals surface area contributed by atoms with E-state index in [0.717, 1.165) is 24.4 Å². The highest BCUT2D eigenvalue weighted by atomic mass is 16.3. The summed E-state index contributed by atoms with van der Waals surface area (Å²) in [6.07, 6.45) is 3.76. The summed E-state index contributed by atoms with van der Waals surface area (Å²) in [5.74, 6) is 0. The molecule has 0 fully saturated rings. The average Bonchev–Trinajstić information content (AvgIpc) is 2.96. The highest BCUT2D eigenvalue weighted by Gasteiger charge is 2.20. The van der Waals surface area contributed by atoms with Gasteiger partial charge in [0.05, 0.1) is 11.4 Å². The number of hydrogen-bond acceptors (Lipinski definition) is 3. The Morgan fingerprint density at radius 2 is 1.83 bits per heavy atom. The highest BCUT2D eigenvalue weighted by Crippen LogP contribution is 2.23. The summed E-state index contributed by atoms with van der Waals surface area (Å²) in [5.41, 5.74) is 1.63. The van der Waals surface area contributed by atoms with Gasteiger partial charge in [-0.15, -0.1) is 0 Å². The maximum absolute atomic E-state index is 10.5. The first kappa shape index (κ1) is 12.8. The number of nitrogens with zero attached hydrogens (tertiary/aromatic N) is 4. The molecule has 0 aliphatic rings. The van der Waals surface area contributed by atoms with Crippen LogP contribution < -0.4 is 0 Å². The van der Waals surface area contributed by atoms with E-state index in [0.29, 0.717) is 0 Å². The molecule has 1 unspecified atom stereocenters. The van der Waals surface area contributed by atoms with Crippen LogP contribution in [-0.4, -0.2) is 24.7 Å². The Kier molecular flexibility index (Phi) is 3.81. The van der Waals surface area contributed by atoms with E-state index in [1.165, 1.54) is 0 Å². The minimum Gasteiger partial charge on any atom is -0.380 e. The zero-order valence-corrected chi connectivity index (χ0v) is 11.1. The summed E-state index contributed by atoms with van der Waals surface area (Å²) >= 11 is 0. The van der Waals surface area contributed by atoms with Gasteiger partial charge in [-0.3, -0.25) is 9.36 Å². The third-order valence-corrected chi connectivity index (χ3v) is 2.94. The van der Waals surface area contributed by atoms with E-state index in [2.05, 4.69) is 17.1 Å². The number of aryl methyl sites for hydroxylation is 1. The van der Waals surface area contributed by atoms with Gasteiger partial charge in [-0.2, -0.15) is 10.2 Å². The van der Waals surface area contributed by atoms with Crippen molar-refractivity contribution in [2.24, 2.45) is 0 Å². The summed E-state index contributed by atoms with van der Waals surface area (Å²) in [5, 5.41) is 19.0. The van der Waals surface area contributed by atoms with Gasteiger partial charge in [0, 0.05) is 25.0 Å². The fraction of sp³-hybridized carbons (Fsp3) is 0.538. The Hall–Kier alpha value is -1.62. The van der Waals surface area contributed by atoms with Crippen LogP contribution in [0.4, 0.5) is 0 Å². The predicted molar refractivity (Wildman–Crippen MR) is 69.2 cm³/mol. The maximum Gasteiger partial charge on any atom is 0.137 e. The second-order valence-corrected chi connectivity index (χ2v) is 4.68. The van der Waals surface area contributed by atoms with Gasteiger partial charge >= 0.3 is 0 Å². The molecule has 5 nitrogen and oxygen atoms in total. The van der Waals surface area contributed by atoms with Gasteiger partial charge in [-0.25, -0.2) is 0 Å². The van der Waals surface area contributed by atoms with Gasteiger partial charge in [-0.1, -0.05) is 6.92 Å². The third-order valence-electron chi connectivity index (χ3n) is 2.94. The molecule has 5 heteroatoms. The minimum absolute atomic E-state index is 0.229. The quantitative estimate of drug-likeness (QED) is 0.882. The van der Waals surface area contributed by atoms with Crippen LogP contribution in [0.3, 0.4) is 0 Å². The number of aliphatic hydroxyl groups is 1. The van der Waals surface area contributed by atoms with Crippen LogP contribution in [-0.2, 0) is 6.54 Å². The van der Waals surface area contributed by atoms with Crippen molar-refractivity contribution in [2.75, 3.05) is 0 Å². The van der Waals surface area contributed by atoms with E-state index in [-0.39, 0.29) is 6.04 Å². The van der Waals surface area contributed by atoms with Gasteiger partial charge in [0.25, 0.3) is 0 Å². The summed E-state index contributed by atoms with van der Waals surface area (Å²) < 4.78 is 3.69. The van der Waals surface area contributed by atoms with Gasteiger partial charge in [0.1, 0.15) is 6.10 Å². The van der Waals surface area contributed by atoms with Gasteiger partial charge < -0.3 is 5.11 Å². The van der Waals surface area contributed by atoms with Crippen molar-refractivity contribution in [2.45, 2.75) is 45.9 Å². The molecule has 0 saturated heterocycles. The summed E-state index contributed by atoms with van der Waals surface area (Å²) in [4.78, 5) is 0. The molecule has 1 N–H and O–H groups in total. The van der Waals surface area contributed by atoms with E-state index in [1.807, 2.05) is 35.3 Å². The van der Waals surface area contributed by atoms with Crippen LogP contribution in [0.25, 0.3) is 0 Å². The largest absolute Gasteiger partial charge is 0.380 e. The molecular formula is C13H20N4O. The minimum atomic E-state index is -0.677. The van der Waals surface area contributed by atoms with Gasteiger partial charge in [-0.05, 0) is 32.4 Å². The van der Waals surface area contributed by atoms with Crippen molar-refractivity contribution >= 4 is 0 Å². The zero-order valence-electron chi connectivity index (χ0n) is 11.1. The third kappa shape index (κ3) is 2.31. The van der Waals surface area contributed by atoms with Crippen molar-refractivity contribution in [3.63, 3.8) is 0 Å². The summed E-state index contributed by atoms with van der Waals surface area (Å²) in [6, 6.07) is 3.94. The van der Waals surface area contributed by atoms with Crippen molar-refractivity contribution in [3.05, 3.63) is 35.9 Å². The van der Waals surface area contributed by atoms with Gasteiger partial charge in [0.15, 0.2) is 0 Å². The Morgan fingerprint density at radius 1 is 1.17 bits per heavy atom. The van der Waals surface area contributed by atoms with E-state index < -0.39 is 6.10 Å². The molecule has 98 valence electrons. The van der Waals surface area contributed by atoms with Crippen LogP contribution in [0, 0.1) is 0 Å². The molecular weight excluding hydrogens is 228 g/mol. The van der Waals surface area contributed by atoms with Crippen molar-refractivity contribution in [1.82, 2.24) is 19.6 Å². The number of aliphatic hydroxyl groups excluding tert-OH is 1. The van der Waals surface area contributed by atoms with Crippen LogP contribution in [0.5, 0.6) is 0 Å². The number of rotatable bonds is 5. The molecule has 2 aromatic rings. The van der Waals surface area contributed by atoms with E-state index in [9.17, 15) is 5.11 Å². The fourth-order valence-corrected chi connectivity index (χ4v) is 2.10. The lowest BCUT2D eigenvalue weighted by Crippen LogP contribution is -2.15. The summed E-state index contributed by atoms with van der Waals surface area (Å²) in [7, 11) is 0. The Morgan fingerprint density at radius 3 is 2.50 bits per heavy atom. The fourth-order valence-electron chi connectivity index (χ4n) is 2.10. The molecule has 0 saturated carbocycles. The molecule has 0 bridgehead atoms. The van der Waals surface area contributed by atoms with E-state index in [1.54, 1.807) is 12.4 Å². The SMILES string of the molecule is CCCn1nccc1C(O)c1ccnn1C(C)C. The highest BCUT2D eigenvalue weighted by molar-refractivity contribution is 5.19. The molecule has 1 atom stereocenters. The van der Waals surface area contributed by atoms with Crippen LogP contribution in [0.2, 0.25) is 0 Å². The van der Waals surface area contributed by atoms with Crippen molar-refractivity contribution in [3.8, 4) is 0 Å². The molecule has 2 rings (SSSR count). The summed E-state index contributed by atoms with van der Waals surface area (Å²) in [6.45, 7) is 7.00. The molecule has 0 aliphatic carbocycles. The predicted octanol–water partition coefficient (Wildman–Crippen LogP) is 2.15. The Labute approximate surface area is 107 Å². The van der Waals surface area contributed by atoms with Crippen molar-refractivity contribution < 1.29 is 5.11 Å². The molecule has 2 aromatic heterocycles. The lowest BCUT2D eigenvalue weighted by Gasteiger charge is -2.17. The number of aromatic nitrogens is 4. The van der Waals surface area contributed by atoms with Gasteiger partial charge in [0.2, 0.25) is 0 Å². The second kappa shape index (κ2) is 5.35. The van der Waals surface area contributed by atoms with Crippen LogP contribution in [0.1, 0.15) is 50.7 Å². The standard InChI is InChI=1S/C13H20N4O/c1-4-9-16-11(5-7-14-16)13(18)12-6-8-15-17(12)10(2)3/h5-8,10,13,18H,4,9H2,1-3H3. The molecule has 18 heavy (non-hydrogen) atoms. The number of hydrogen-bond donors (Lipinski definition) is 1. The molecule has 2 heterocycles. The first-order valence-corrected chi connectivity index (χ1v) is 6.38. The molecule has 0 radical (unpaired) electrons. The van der Waals surface area contributed by atoms with E-state index in [4.69, 9.17) is 0 Å². The smallest absolute Gasteiger partial charge is 0.137 e. The van der Waals surface area contributed by atoms with Crippen molar-refractivity contribution in [1.29, 1.82) is 0 Å². The average molecular weight is 248 g/mol. The first-order valence-electron chi connectivity index (χ1n) is 6.38. The van der Waals surface area contributed by atoms with E-state index >= 15 is 0 Å². The zero-order chi connectivity index (χ0) is 13.1. The lowest BCUT2D eigenvalue weighted by molar-refractivity contribution is 0.193. The van der Waals surface area contributed by atoms with Crippen LogP contribution >= 0.6 is 0 Å². The topological polar surface area (TPSA) is 55.9 Å². The first-order chi connectivity index (χ1) is 8.65. The maximum atomic E-state index is 10.5. The molecule has 0 aromatic carbocycles. The Balaban J connectivity index is 2.32. The normalized spacial score (nSPS) is 13.2.